The highest BCUT2D eigenvalue weighted by atomic mass is 31.2. The number of rotatable bonds is 81. The number of ether oxygens (including phenoxy) is 3. The normalized spacial score (nSPS) is 14.8. The van der Waals surface area contributed by atoms with Crippen LogP contribution >= 0.6 is 15.6 Å². The summed E-state index contributed by atoms with van der Waals surface area (Å²) in [6.07, 6.45) is 113. The summed E-state index contributed by atoms with van der Waals surface area (Å²) in [6, 6.07) is 0. The van der Waals surface area contributed by atoms with Crippen LogP contribution in [0.15, 0.2) is 194 Å². The Balaban J connectivity index is 4.73. The minimum Gasteiger partial charge on any atom is -0.463 e. The van der Waals surface area contributed by atoms with Gasteiger partial charge in [0.1, 0.15) is 25.4 Å². The van der Waals surface area contributed by atoms with Gasteiger partial charge >= 0.3 is 33.6 Å². The molecule has 18 heteroatoms. The highest BCUT2D eigenvalue weighted by Gasteiger charge is 2.29. The van der Waals surface area contributed by atoms with Crippen molar-refractivity contribution >= 4 is 33.6 Å². The van der Waals surface area contributed by atoms with E-state index in [9.17, 15) is 43.5 Å². The number of phosphoric acid groups is 2. The molecule has 113 heavy (non-hydrogen) atoms. The number of hydrogen-bond acceptors (Lipinski definition) is 14. The topological polar surface area (TPSA) is 231 Å². The Morgan fingerprint density at radius 3 is 0.743 bits per heavy atom. The molecule has 0 aliphatic rings. The van der Waals surface area contributed by atoms with Gasteiger partial charge in [-0.1, -0.05) is 337 Å². The van der Waals surface area contributed by atoms with Crippen LogP contribution in [0.4, 0.5) is 0 Å². The van der Waals surface area contributed by atoms with Crippen molar-refractivity contribution in [2.75, 3.05) is 39.6 Å². The Morgan fingerprint density at radius 2 is 0.469 bits per heavy atom. The van der Waals surface area contributed by atoms with Crippen molar-refractivity contribution in [3.8, 4) is 0 Å². The molecule has 0 spiro atoms. The number of carbonyl (C=O) groups is 3. The first kappa shape index (κ1) is 107. The Bertz CT molecular complexity index is 2830. The van der Waals surface area contributed by atoms with Gasteiger partial charge < -0.3 is 34.2 Å². The molecule has 16 nitrogen and oxygen atoms in total. The van der Waals surface area contributed by atoms with Crippen LogP contribution in [0, 0.1) is 0 Å². The van der Waals surface area contributed by atoms with Crippen LogP contribution in [0.25, 0.3) is 0 Å². The highest BCUT2D eigenvalue weighted by molar-refractivity contribution is 7.47. The monoisotopic (exact) mass is 1620 g/mol. The largest absolute Gasteiger partial charge is 0.472 e. The van der Waals surface area contributed by atoms with Crippen molar-refractivity contribution < 1.29 is 75.8 Å². The molecule has 5 unspecified atom stereocenters. The number of esters is 3. The highest BCUT2D eigenvalue weighted by Crippen LogP contribution is 2.45. The van der Waals surface area contributed by atoms with Gasteiger partial charge in [0, 0.05) is 19.3 Å². The third-order valence-electron chi connectivity index (χ3n) is 17.8. The van der Waals surface area contributed by atoms with Crippen molar-refractivity contribution in [3.63, 3.8) is 0 Å². The zero-order valence-electron chi connectivity index (χ0n) is 70.5. The molecule has 0 amide bonds. The SMILES string of the molecule is CC/C=C\C/C=C\C/C=C\C/C=C\C/C=C\C/C=C\CCCCCCCCCCC(=O)OCC(O)COP(=O)(O)OCC(O)COP(=O)(O)OCC(COC(=O)CCCCCCCCCC/C=C\C/C=C\C/C=C\C/C=C\C/C=C\C/C=C\CC)OC(=O)CCCCCCCCC/C=C\C/C=C\C/C=C\C/C=C\CCCCC. The average molecular weight is 1620 g/mol. The van der Waals surface area contributed by atoms with E-state index in [4.69, 9.17) is 32.3 Å². The van der Waals surface area contributed by atoms with Gasteiger partial charge in [0.2, 0.25) is 0 Å². The van der Waals surface area contributed by atoms with E-state index < -0.39 is 91.5 Å². The van der Waals surface area contributed by atoms with Gasteiger partial charge in [-0.2, -0.15) is 0 Å². The first-order chi connectivity index (χ1) is 55.2. The zero-order chi connectivity index (χ0) is 82.2. The number of allylic oxidation sites excluding steroid dienone is 32. The summed E-state index contributed by atoms with van der Waals surface area (Å²) in [5, 5.41) is 20.7. The third kappa shape index (κ3) is 87.1. The van der Waals surface area contributed by atoms with Gasteiger partial charge in [-0.25, -0.2) is 9.13 Å². The minimum absolute atomic E-state index is 0.0830. The second-order valence-electron chi connectivity index (χ2n) is 28.6. The molecule has 5 atom stereocenters. The summed E-state index contributed by atoms with van der Waals surface area (Å²) >= 11 is 0. The molecule has 0 aromatic carbocycles. The molecule has 0 aromatic rings. The lowest BCUT2D eigenvalue weighted by Crippen LogP contribution is -2.30. The lowest BCUT2D eigenvalue weighted by Gasteiger charge is -2.21. The van der Waals surface area contributed by atoms with Crippen LogP contribution in [0.3, 0.4) is 0 Å². The molecule has 0 saturated carbocycles. The molecule has 0 heterocycles. The van der Waals surface area contributed by atoms with E-state index in [1.165, 1.54) is 51.4 Å². The van der Waals surface area contributed by atoms with Gasteiger partial charge in [0.25, 0.3) is 0 Å². The average Bonchev–Trinajstić information content (AvgIpc) is 0.915. The first-order valence-corrected chi connectivity index (χ1v) is 46.7. The molecule has 4 N–H and O–H groups in total. The summed E-state index contributed by atoms with van der Waals surface area (Å²) in [5.41, 5.74) is 0. The summed E-state index contributed by atoms with van der Waals surface area (Å²) in [6.45, 7) is 2.40. The number of phosphoric ester groups is 2. The second-order valence-corrected chi connectivity index (χ2v) is 31.5. The van der Waals surface area contributed by atoms with E-state index in [0.717, 1.165) is 218 Å². The predicted octanol–water partition coefficient (Wildman–Crippen LogP) is 26.7. The fourth-order valence-corrected chi connectivity index (χ4v) is 12.8. The van der Waals surface area contributed by atoms with Gasteiger partial charge in [-0.05, 0) is 167 Å². The quantitative estimate of drug-likeness (QED) is 0.0146. The summed E-state index contributed by atoms with van der Waals surface area (Å²) in [4.78, 5) is 58.9. The van der Waals surface area contributed by atoms with Crippen LogP contribution in [-0.2, 0) is 55.8 Å². The van der Waals surface area contributed by atoms with Gasteiger partial charge in [-0.3, -0.25) is 32.5 Å². The van der Waals surface area contributed by atoms with Gasteiger partial charge in [0.05, 0.1) is 26.4 Å². The van der Waals surface area contributed by atoms with Gasteiger partial charge in [-0.15, -0.1) is 0 Å². The van der Waals surface area contributed by atoms with Crippen molar-refractivity contribution in [1.29, 1.82) is 0 Å². The van der Waals surface area contributed by atoms with E-state index in [-0.39, 0.29) is 19.3 Å². The second kappa shape index (κ2) is 85.8. The Kier molecular flexibility index (Phi) is 81.5. The molecular weight excluding hydrogens is 1460 g/mol. The van der Waals surface area contributed by atoms with Crippen molar-refractivity contribution in [2.24, 2.45) is 0 Å². The Hall–Kier alpha value is -5.61. The number of aliphatic hydroxyl groups is 2. The lowest BCUT2D eigenvalue weighted by molar-refractivity contribution is -0.161. The maximum atomic E-state index is 13.1. The summed E-state index contributed by atoms with van der Waals surface area (Å²) in [7, 11) is -9.83. The first-order valence-electron chi connectivity index (χ1n) is 43.7. The fraction of sp³-hybridized carbons (Fsp3) is 0.632. The zero-order valence-corrected chi connectivity index (χ0v) is 72.3. The van der Waals surface area contributed by atoms with Crippen molar-refractivity contribution in [3.05, 3.63) is 194 Å². The molecule has 0 bridgehead atoms. The number of hydrogen-bond donors (Lipinski definition) is 4. The van der Waals surface area contributed by atoms with E-state index in [1.54, 1.807) is 0 Å². The van der Waals surface area contributed by atoms with E-state index in [0.29, 0.717) is 19.3 Å². The molecular formula is C95H156O16P2. The summed E-state index contributed by atoms with van der Waals surface area (Å²) in [5.74, 6) is -1.61. The van der Waals surface area contributed by atoms with Crippen molar-refractivity contribution in [1.82, 2.24) is 0 Å². The maximum absolute atomic E-state index is 13.1. The minimum atomic E-state index is -4.95. The number of unbranched alkanes of at least 4 members (excludes halogenated alkanes) is 26. The summed E-state index contributed by atoms with van der Waals surface area (Å²) < 4.78 is 61.4. The van der Waals surface area contributed by atoms with Gasteiger partial charge in [0.15, 0.2) is 6.10 Å². The molecule has 0 saturated heterocycles. The van der Waals surface area contributed by atoms with E-state index in [1.807, 2.05) is 0 Å². The number of aliphatic hydroxyl groups excluding tert-OH is 2. The van der Waals surface area contributed by atoms with Crippen LogP contribution in [0.5, 0.6) is 0 Å². The molecule has 0 fully saturated rings. The number of carbonyl (C=O) groups excluding carboxylic acids is 3. The van der Waals surface area contributed by atoms with Crippen molar-refractivity contribution in [2.45, 2.75) is 347 Å². The van der Waals surface area contributed by atoms with Crippen LogP contribution in [-0.4, -0.2) is 95.9 Å². The smallest absolute Gasteiger partial charge is 0.463 e. The molecule has 642 valence electrons. The molecule has 0 rings (SSSR count). The van der Waals surface area contributed by atoms with Crippen LogP contribution < -0.4 is 0 Å². The Morgan fingerprint density at radius 1 is 0.257 bits per heavy atom. The standard InChI is InChI=1S/C95H156O16P2/c1-4-7-10-13-16-19-22-25-28-31-34-37-40-42-44-46-49-51-54-57-60-63-66-69-72-75-78-81-93(98)105-84-90(96)85-107-112(101,102)108-86-91(97)87-109-113(103,104)110-89-92(111-95(100)83-80-77-74-71-68-65-62-59-56-53-48-39-36-33-30-27-24-21-18-15-12-9-6-3)88-106-94(99)82-79-76-73-70-67-64-61-58-55-52-50-47-45-43-41-38-35-32-29-26-23-20-17-14-11-8-5-2/h7-8,10-11,16-21,25-30,34-39,42-45,49-53,56,90-92,96-97H,4-6,9,12-15,22-24,31-33,40-41,46-48,54-55,57-89H2,1-3H3,(H,101,102)(H,103,104)/b10-7-,11-8-,19-16-,20-17-,21-18-,28-25-,29-26-,30-27-,37-34-,38-35-,39-36-,44-42-,45-43-,51-49-,52-50-,56-53-. The molecule has 0 aliphatic carbocycles. The maximum Gasteiger partial charge on any atom is 0.472 e. The molecule has 0 radical (unpaired) electrons. The Labute approximate surface area is 687 Å². The molecule has 0 aromatic heterocycles. The van der Waals surface area contributed by atoms with Crippen LogP contribution in [0.1, 0.15) is 329 Å². The molecule has 0 aliphatic heterocycles. The fourth-order valence-electron chi connectivity index (χ4n) is 11.2. The predicted molar refractivity (Wildman–Crippen MR) is 472 cm³/mol. The van der Waals surface area contributed by atoms with E-state index >= 15 is 0 Å². The van der Waals surface area contributed by atoms with Crippen LogP contribution in [0.2, 0.25) is 0 Å². The lowest BCUT2D eigenvalue weighted by atomic mass is 10.1. The van der Waals surface area contributed by atoms with E-state index in [2.05, 4.69) is 215 Å². The third-order valence-corrected chi connectivity index (χ3v) is 19.7.